The van der Waals surface area contributed by atoms with Crippen molar-refractivity contribution in [3.05, 3.63) is 35.1 Å². The zero-order valence-corrected chi connectivity index (χ0v) is 10.9. The zero-order chi connectivity index (χ0) is 12.5. The number of rotatable bonds is 1. The molecule has 1 aromatic rings. The quantitative estimate of drug-likeness (QED) is 0.803. The largest absolute Gasteiger partial charge is 0.327 e. The summed E-state index contributed by atoms with van der Waals surface area (Å²) in [4.78, 5) is 0. The second-order valence-electron chi connectivity index (χ2n) is 5.97. The molecular weight excluding hydrogens is 225 g/mol. The highest BCUT2D eigenvalue weighted by molar-refractivity contribution is 5.35. The maximum Gasteiger partial charge on any atom is 0.123 e. The molecule has 0 radical (unpaired) electrons. The van der Waals surface area contributed by atoms with E-state index < -0.39 is 0 Å². The predicted octanol–water partition coefficient (Wildman–Crippen LogP) is 3.76. The van der Waals surface area contributed by atoms with Crippen molar-refractivity contribution in [1.82, 2.24) is 0 Å². The number of nitrogens with two attached hydrogens (primary N) is 1. The van der Waals surface area contributed by atoms with Gasteiger partial charge >= 0.3 is 0 Å². The van der Waals surface area contributed by atoms with Gasteiger partial charge in [-0.25, -0.2) is 4.39 Å². The second kappa shape index (κ2) is 5.00. The SMILES string of the molecule is NC1CCc2ccc(F)cc2C1C1CCCCC1. The number of benzene rings is 1. The minimum Gasteiger partial charge on any atom is -0.327 e. The highest BCUT2D eigenvalue weighted by Crippen LogP contribution is 2.42. The molecule has 2 atom stereocenters. The standard InChI is InChI=1S/C16H22FN/c17-13-8-6-11-7-9-15(18)16(14(11)10-13)12-4-2-1-3-5-12/h6,8,10,12,15-16H,1-5,7,9,18H2. The van der Waals surface area contributed by atoms with E-state index in [4.69, 9.17) is 5.73 Å². The summed E-state index contributed by atoms with van der Waals surface area (Å²) < 4.78 is 13.5. The molecule has 1 aromatic carbocycles. The van der Waals surface area contributed by atoms with Crippen molar-refractivity contribution in [3.63, 3.8) is 0 Å². The Morgan fingerprint density at radius 3 is 2.61 bits per heavy atom. The fraction of sp³-hybridized carbons (Fsp3) is 0.625. The Balaban J connectivity index is 1.95. The van der Waals surface area contributed by atoms with Crippen molar-refractivity contribution >= 4 is 0 Å². The molecule has 98 valence electrons. The molecule has 1 nitrogen and oxygen atoms in total. The zero-order valence-electron chi connectivity index (χ0n) is 10.9. The first-order valence-corrected chi connectivity index (χ1v) is 7.29. The summed E-state index contributed by atoms with van der Waals surface area (Å²) in [6, 6.07) is 5.52. The summed E-state index contributed by atoms with van der Waals surface area (Å²) >= 11 is 0. The Hall–Kier alpha value is -0.890. The van der Waals surface area contributed by atoms with Crippen molar-refractivity contribution in [2.45, 2.75) is 56.9 Å². The van der Waals surface area contributed by atoms with Crippen LogP contribution in [-0.4, -0.2) is 6.04 Å². The third kappa shape index (κ3) is 2.18. The van der Waals surface area contributed by atoms with E-state index in [-0.39, 0.29) is 11.9 Å². The van der Waals surface area contributed by atoms with Gasteiger partial charge in [0.15, 0.2) is 0 Å². The summed E-state index contributed by atoms with van der Waals surface area (Å²) in [6.45, 7) is 0. The van der Waals surface area contributed by atoms with E-state index in [1.807, 2.05) is 6.07 Å². The molecule has 1 fully saturated rings. The van der Waals surface area contributed by atoms with E-state index in [1.54, 1.807) is 12.1 Å². The maximum absolute atomic E-state index is 13.5. The van der Waals surface area contributed by atoms with E-state index in [0.29, 0.717) is 11.8 Å². The smallest absolute Gasteiger partial charge is 0.123 e. The molecule has 0 bridgehead atoms. The van der Waals surface area contributed by atoms with E-state index in [2.05, 4.69) is 0 Å². The summed E-state index contributed by atoms with van der Waals surface area (Å²) in [5, 5.41) is 0. The first kappa shape index (κ1) is 12.2. The van der Waals surface area contributed by atoms with Crippen molar-refractivity contribution in [2.75, 3.05) is 0 Å². The summed E-state index contributed by atoms with van der Waals surface area (Å²) in [5.41, 5.74) is 8.89. The van der Waals surface area contributed by atoms with Crippen LogP contribution in [0, 0.1) is 11.7 Å². The number of hydrogen-bond donors (Lipinski definition) is 1. The fourth-order valence-electron chi connectivity index (χ4n) is 3.93. The molecule has 1 saturated carbocycles. The lowest BCUT2D eigenvalue weighted by Gasteiger charge is -2.38. The Kier molecular flexibility index (Phi) is 3.38. The first-order chi connectivity index (χ1) is 8.75. The molecule has 0 aliphatic heterocycles. The molecule has 0 aromatic heterocycles. The van der Waals surface area contributed by atoms with Gasteiger partial charge in [-0.2, -0.15) is 0 Å². The predicted molar refractivity (Wildman–Crippen MR) is 72.0 cm³/mol. The molecule has 3 rings (SSSR count). The maximum atomic E-state index is 13.5. The van der Waals surface area contributed by atoms with Crippen LogP contribution in [0.1, 0.15) is 55.6 Å². The lowest BCUT2D eigenvalue weighted by molar-refractivity contribution is 0.261. The van der Waals surface area contributed by atoms with Gasteiger partial charge in [-0.15, -0.1) is 0 Å². The van der Waals surface area contributed by atoms with Crippen LogP contribution in [0.2, 0.25) is 0 Å². The average Bonchev–Trinajstić information content (AvgIpc) is 2.39. The molecule has 0 saturated heterocycles. The fourth-order valence-corrected chi connectivity index (χ4v) is 3.93. The molecule has 2 aliphatic rings. The Labute approximate surface area is 109 Å². The molecule has 2 unspecified atom stereocenters. The number of aryl methyl sites for hydroxylation is 1. The van der Waals surface area contributed by atoms with Crippen molar-refractivity contribution in [1.29, 1.82) is 0 Å². The van der Waals surface area contributed by atoms with Gasteiger partial charge in [0.1, 0.15) is 5.82 Å². The molecule has 2 aliphatic carbocycles. The molecule has 2 N–H and O–H groups in total. The third-order valence-corrected chi connectivity index (χ3v) is 4.83. The van der Waals surface area contributed by atoms with Crippen LogP contribution in [0.4, 0.5) is 4.39 Å². The van der Waals surface area contributed by atoms with Gasteiger partial charge in [-0.05, 0) is 54.9 Å². The van der Waals surface area contributed by atoms with Gasteiger partial charge in [0.2, 0.25) is 0 Å². The topological polar surface area (TPSA) is 26.0 Å². The van der Waals surface area contributed by atoms with Gasteiger partial charge in [-0.1, -0.05) is 25.3 Å². The monoisotopic (exact) mass is 247 g/mol. The van der Waals surface area contributed by atoms with Gasteiger partial charge in [0.25, 0.3) is 0 Å². The molecule has 0 spiro atoms. The van der Waals surface area contributed by atoms with Crippen LogP contribution in [-0.2, 0) is 6.42 Å². The van der Waals surface area contributed by atoms with E-state index >= 15 is 0 Å². The number of halogens is 1. The molecule has 2 heteroatoms. The van der Waals surface area contributed by atoms with Crippen LogP contribution in [0.3, 0.4) is 0 Å². The van der Waals surface area contributed by atoms with Gasteiger partial charge < -0.3 is 5.73 Å². The first-order valence-electron chi connectivity index (χ1n) is 7.29. The summed E-state index contributed by atoms with van der Waals surface area (Å²) in [6.07, 6.45) is 8.61. The third-order valence-electron chi connectivity index (χ3n) is 4.83. The van der Waals surface area contributed by atoms with E-state index in [0.717, 1.165) is 12.8 Å². The van der Waals surface area contributed by atoms with Gasteiger partial charge in [0.05, 0.1) is 0 Å². The van der Waals surface area contributed by atoms with E-state index in [9.17, 15) is 4.39 Å². The lowest BCUT2D eigenvalue weighted by atomic mass is 9.68. The molecule has 18 heavy (non-hydrogen) atoms. The minimum absolute atomic E-state index is 0.108. The van der Waals surface area contributed by atoms with Gasteiger partial charge in [-0.3, -0.25) is 0 Å². The normalized spacial score (nSPS) is 29.0. The van der Waals surface area contributed by atoms with Crippen LogP contribution < -0.4 is 5.73 Å². The highest BCUT2D eigenvalue weighted by atomic mass is 19.1. The van der Waals surface area contributed by atoms with Crippen LogP contribution in [0.15, 0.2) is 18.2 Å². The van der Waals surface area contributed by atoms with Crippen LogP contribution >= 0.6 is 0 Å². The summed E-state index contributed by atoms with van der Waals surface area (Å²) in [5.74, 6) is 0.961. The van der Waals surface area contributed by atoms with Crippen LogP contribution in [0.25, 0.3) is 0 Å². The highest BCUT2D eigenvalue weighted by Gasteiger charge is 2.34. The Bertz CT molecular complexity index is 423. The molecule has 0 heterocycles. The Morgan fingerprint density at radius 2 is 1.83 bits per heavy atom. The number of hydrogen-bond acceptors (Lipinski definition) is 1. The van der Waals surface area contributed by atoms with Crippen molar-refractivity contribution in [2.24, 2.45) is 11.7 Å². The lowest BCUT2D eigenvalue weighted by Crippen LogP contribution is -2.38. The van der Waals surface area contributed by atoms with Crippen molar-refractivity contribution < 1.29 is 4.39 Å². The number of fused-ring (bicyclic) bond motifs is 1. The minimum atomic E-state index is -0.108. The summed E-state index contributed by atoms with van der Waals surface area (Å²) in [7, 11) is 0. The molecule has 0 amide bonds. The second-order valence-corrected chi connectivity index (χ2v) is 5.97. The molecular formula is C16H22FN. The Morgan fingerprint density at radius 1 is 1.06 bits per heavy atom. The average molecular weight is 247 g/mol. The van der Waals surface area contributed by atoms with Gasteiger partial charge in [0, 0.05) is 12.0 Å². The van der Waals surface area contributed by atoms with Crippen LogP contribution in [0.5, 0.6) is 0 Å². The van der Waals surface area contributed by atoms with Crippen molar-refractivity contribution in [3.8, 4) is 0 Å². The van der Waals surface area contributed by atoms with E-state index in [1.165, 1.54) is 43.2 Å².